The predicted molar refractivity (Wildman–Crippen MR) is 98.4 cm³/mol. The summed E-state index contributed by atoms with van der Waals surface area (Å²) in [5, 5.41) is 0.755. The second-order valence-electron chi connectivity index (χ2n) is 5.56. The van der Waals surface area contributed by atoms with Crippen molar-refractivity contribution in [2.24, 2.45) is 4.99 Å². The fourth-order valence-corrected chi connectivity index (χ4v) is 2.49. The third-order valence-electron chi connectivity index (χ3n) is 3.87. The van der Waals surface area contributed by atoms with Gasteiger partial charge in [0.1, 0.15) is 5.75 Å². The summed E-state index contributed by atoms with van der Waals surface area (Å²) in [5.41, 5.74) is 4.46. The monoisotopic (exact) mass is 330 g/mol. The lowest BCUT2D eigenvalue weighted by Gasteiger charge is -2.13. The van der Waals surface area contributed by atoms with E-state index >= 15 is 0 Å². The molecular weight excluding hydrogens is 308 g/mol. The number of nitrogens with zero attached hydrogens (tertiary/aromatic N) is 2. The maximum absolute atomic E-state index is 6.09. The number of ether oxygens (including phenoxy) is 1. The van der Waals surface area contributed by atoms with Crippen LogP contribution >= 0.6 is 11.6 Å². The minimum Gasteiger partial charge on any atom is -0.497 e. The van der Waals surface area contributed by atoms with E-state index in [9.17, 15) is 0 Å². The molecule has 0 unspecified atom stereocenters. The van der Waals surface area contributed by atoms with Crippen molar-refractivity contribution in [2.75, 3.05) is 20.7 Å². The van der Waals surface area contributed by atoms with Gasteiger partial charge in [0.05, 0.1) is 19.1 Å². The van der Waals surface area contributed by atoms with Crippen molar-refractivity contribution in [2.45, 2.75) is 20.3 Å². The standard InChI is InChI=1S/C19H23ClN2O/c1-5-22(3)13-21-19-12-18(23-4)11-16(14(19)2)9-15-7-6-8-17(20)10-15/h6-8,10-13H,5,9H2,1-4H3/b21-13-. The van der Waals surface area contributed by atoms with Crippen LogP contribution in [0.15, 0.2) is 41.4 Å². The molecule has 0 aliphatic heterocycles. The van der Waals surface area contributed by atoms with Crippen LogP contribution in [-0.4, -0.2) is 31.9 Å². The van der Waals surface area contributed by atoms with E-state index in [1.807, 2.05) is 42.6 Å². The molecule has 0 heterocycles. The Hall–Kier alpha value is -2.00. The van der Waals surface area contributed by atoms with Crippen LogP contribution in [0, 0.1) is 6.92 Å². The van der Waals surface area contributed by atoms with Crippen molar-refractivity contribution in [3.63, 3.8) is 0 Å². The van der Waals surface area contributed by atoms with Gasteiger partial charge in [0, 0.05) is 24.7 Å². The van der Waals surface area contributed by atoms with Gasteiger partial charge in [-0.25, -0.2) is 4.99 Å². The molecule has 0 radical (unpaired) electrons. The fourth-order valence-electron chi connectivity index (χ4n) is 2.27. The predicted octanol–water partition coefficient (Wildman–Crippen LogP) is 4.86. The van der Waals surface area contributed by atoms with Crippen LogP contribution in [0.25, 0.3) is 0 Å². The van der Waals surface area contributed by atoms with Crippen molar-refractivity contribution in [3.05, 3.63) is 58.1 Å². The van der Waals surface area contributed by atoms with Gasteiger partial charge >= 0.3 is 0 Å². The molecule has 0 saturated heterocycles. The molecule has 0 N–H and O–H groups in total. The molecule has 0 amide bonds. The number of methoxy groups -OCH3 is 1. The van der Waals surface area contributed by atoms with Gasteiger partial charge in [-0.3, -0.25) is 0 Å². The summed E-state index contributed by atoms with van der Waals surface area (Å²) in [6, 6.07) is 12.0. The van der Waals surface area contributed by atoms with Crippen LogP contribution in [-0.2, 0) is 6.42 Å². The Morgan fingerprint density at radius 3 is 2.70 bits per heavy atom. The number of rotatable bonds is 6. The summed E-state index contributed by atoms with van der Waals surface area (Å²) in [5.74, 6) is 0.818. The largest absolute Gasteiger partial charge is 0.497 e. The van der Waals surface area contributed by atoms with Crippen LogP contribution in [0.4, 0.5) is 5.69 Å². The Bertz CT molecular complexity index is 698. The summed E-state index contributed by atoms with van der Waals surface area (Å²) in [6.45, 7) is 5.11. The molecule has 0 atom stereocenters. The van der Waals surface area contributed by atoms with Crippen molar-refractivity contribution >= 4 is 23.6 Å². The van der Waals surface area contributed by atoms with Crippen LogP contribution in [0.3, 0.4) is 0 Å². The maximum atomic E-state index is 6.09. The van der Waals surface area contributed by atoms with E-state index in [0.29, 0.717) is 0 Å². The van der Waals surface area contributed by atoms with E-state index < -0.39 is 0 Å². The van der Waals surface area contributed by atoms with E-state index in [4.69, 9.17) is 16.3 Å². The van der Waals surface area contributed by atoms with Crippen molar-refractivity contribution < 1.29 is 4.74 Å². The summed E-state index contributed by atoms with van der Waals surface area (Å²) < 4.78 is 5.43. The molecule has 0 fully saturated rings. The highest BCUT2D eigenvalue weighted by molar-refractivity contribution is 6.30. The number of benzene rings is 2. The SMILES string of the molecule is CCN(C)/C=N\c1cc(OC)cc(Cc2cccc(Cl)c2)c1C. The van der Waals surface area contributed by atoms with E-state index in [-0.39, 0.29) is 0 Å². The molecule has 0 spiro atoms. The van der Waals surface area contributed by atoms with Gasteiger partial charge < -0.3 is 9.64 Å². The highest BCUT2D eigenvalue weighted by Crippen LogP contribution is 2.30. The number of hydrogen-bond donors (Lipinski definition) is 0. The quantitative estimate of drug-likeness (QED) is 0.558. The van der Waals surface area contributed by atoms with E-state index in [1.165, 1.54) is 11.1 Å². The first-order chi connectivity index (χ1) is 11.0. The lowest BCUT2D eigenvalue weighted by molar-refractivity contribution is 0.414. The van der Waals surface area contributed by atoms with Gasteiger partial charge in [0.15, 0.2) is 0 Å². The Morgan fingerprint density at radius 1 is 1.26 bits per heavy atom. The Kier molecular flexibility index (Phi) is 6.05. The summed E-state index contributed by atoms with van der Waals surface area (Å²) in [4.78, 5) is 6.64. The fraction of sp³-hybridized carbons (Fsp3) is 0.316. The highest BCUT2D eigenvalue weighted by Gasteiger charge is 2.08. The van der Waals surface area contributed by atoms with Crippen LogP contribution in [0.1, 0.15) is 23.6 Å². The molecule has 0 saturated carbocycles. The lowest BCUT2D eigenvalue weighted by atomic mass is 9.99. The summed E-state index contributed by atoms with van der Waals surface area (Å²) in [7, 11) is 3.69. The van der Waals surface area contributed by atoms with E-state index in [0.717, 1.165) is 35.0 Å². The number of hydrogen-bond acceptors (Lipinski definition) is 2. The van der Waals surface area contributed by atoms with E-state index in [2.05, 4.69) is 31.0 Å². The third-order valence-corrected chi connectivity index (χ3v) is 4.11. The molecular formula is C19H23ClN2O. The van der Waals surface area contributed by atoms with Gasteiger partial charge in [-0.05, 0) is 55.2 Å². The molecule has 2 aromatic rings. The van der Waals surface area contributed by atoms with Gasteiger partial charge in [-0.15, -0.1) is 0 Å². The van der Waals surface area contributed by atoms with Crippen LogP contribution in [0.5, 0.6) is 5.75 Å². The molecule has 2 aromatic carbocycles. The lowest BCUT2D eigenvalue weighted by Crippen LogP contribution is -2.14. The minimum absolute atomic E-state index is 0.755. The van der Waals surface area contributed by atoms with Crippen molar-refractivity contribution in [1.82, 2.24) is 4.90 Å². The zero-order chi connectivity index (χ0) is 16.8. The first kappa shape index (κ1) is 17.4. The first-order valence-electron chi connectivity index (χ1n) is 7.70. The molecule has 3 nitrogen and oxygen atoms in total. The summed E-state index contributed by atoms with van der Waals surface area (Å²) >= 11 is 6.09. The van der Waals surface area contributed by atoms with Gasteiger partial charge in [-0.1, -0.05) is 23.7 Å². The highest BCUT2D eigenvalue weighted by atomic mass is 35.5. The molecule has 23 heavy (non-hydrogen) atoms. The molecule has 0 aliphatic rings. The molecule has 0 aromatic heterocycles. The Labute approximate surface area is 143 Å². The average Bonchev–Trinajstić information content (AvgIpc) is 2.55. The Morgan fingerprint density at radius 2 is 2.04 bits per heavy atom. The first-order valence-corrected chi connectivity index (χ1v) is 8.07. The molecule has 0 bridgehead atoms. The topological polar surface area (TPSA) is 24.8 Å². The molecule has 2 rings (SSSR count). The molecule has 122 valence electrons. The van der Waals surface area contributed by atoms with Crippen LogP contribution < -0.4 is 4.74 Å². The maximum Gasteiger partial charge on any atom is 0.121 e. The molecule has 0 aliphatic carbocycles. The van der Waals surface area contributed by atoms with Crippen molar-refractivity contribution in [1.29, 1.82) is 0 Å². The van der Waals surface area contributed by atoms with Crippen LogP contribution in [0.2, 0.25) is 5.02 Å². The zero-order valence-corrected chi connectivity index (χ0v) is 14.9. The van der Waals surface area contributed by atoms with Crippen molar-refractivity contribution in [3.8, 4) is 5.75 Å². The van der Waals surface area contributed by atoms with Gasteiger partial charge in [0.2, 0.25) is 0 Å². The van der Waals surface area contributed by atoms with Gasteiger partial charge in [0.25, 0.3) is 0 Å². The number of halogens is 1. The van der Waals surface area contributed by atoms with E-state index in [1.54, 1.807) is 7.11 Å². The summed E-state index contributed by atoms with van der Waals surface area (Å²) in [6.07, 6.45) is 2.65. The zero-order valence-electron chi connectivity index (χ0n) is 14.1. The second kappa shape index (κ2) is 8.02. The van der Waals surface area contributed by atoms with Gasteiger partial charge in [-0.2, -0.15) is 0 Å². The minimum atomic E-state index is 0.755. The average molecular weight is 331 g/mol. The number of aliphatic imine (C=N–C) groups is 1. The second-order valence-corrected chi connectivity index (χ2v) is 5.99. The molecule has 4 heteroatoms. The smallest absolute Gasteiger partial charge is 0.121 e. The third kappa shape index (κ3) is 4.73. The Balaban J connectivity index is 2.37. The normalized spacial score (nSPS) is 11.0.